The van der Waals surface area contributed by atoms with E-state index in [1.54, 1.807) is 60.7 Å². The molecule has 4 rings (SSSR count). The second-order valence-electron chi connectivity index (χ2n) is 7.09. The van der Waals surface area contributed by atoms with Gasteiger partial charge >= 0.3 is 0 Å². The van der Waals surface area contributed by atoms with Crippen molar-refractivity contribution in [3.63, 3.8) is 0 Å². The summed E-state index contributed by atoms with van der Waals surface area (Å²) in [7, 11) is 0. The zero-order valence-electron chi connectivity index (χ0n) is 17.1. The van der Waals surface area contributed by atoms with Gasteiger partial charge in [-0.1, -0.05) is 91.0 Å². The van der Waals surface area contributed by atoms with E-state index in [4.69, 9.17) is 0 Å². The highest BCUT2D eigenvalue weighted by atomic mass is 16.2. The minimum atomic E-state index is -0.570. The molecule has 4 aromatic rings. The second-order valence-corrected chi connectivity index (χ2v) is 7.09. The molecular weight excluding hydrogens is 400 g/mol. The van der Waals surface area contributed by atoms with Gasteiger partial charge in [-0.2, -0.15) is 0 Å². The number of rotatable bonds is 5. The van der Waals surface area contributed by atoms with Crippen molar-refractivity contribution in [2.24, 2.45) is 0 Å². The van der Waals surface area contributed by atoms with Crippen LogP contribution in [0.5, 0.6) is 0 Å². The fourth-order valence-corrected chi connectivity index (χ4v) is 3.32. The van der Waals surface area contributed by atoms with Crippen LogP contribution in [0.15, 0.2) is 109 Å². The summed E-state index contributed by atoms with van der Waals surface area (Å²) in [5.74, 6) is -1.29. The van der Waals surface area contributed by atoms with Crippen molar-refractivity contribution in [1.82, 2.24) is 10.9 Å². The highest BCUT2D eigenvalue weighted by Crippen LogP contribution is 2.19. The predicted molar refractivity (Wildman–Crippen MR) is 123 cm³/mol. The number of amides is 2. The molecule has 2 amide bonds. The Labute approximate surface area is 185 Å². The van der Waals surface area contributed by atoms with E-state index >= 15 is 0 Å². The van der Waals surface area contributed by atoms with Crippen molar-refractivity contribution < 1.29 is 14.4 Å². The third-order valence-corrected chi connectivity index (χ3v) is 5.00. The zero-order valence-corrected chi connectivity index (χ0v) is 17.1. The fraction of sp³-hybridized carbons (Fsp3) is 0. The lowest BCUT2D eigenvalue weighted by Crippen LogP contribution is -2.42. The summed E-state index contributed by atoms with van der Waals surface area (Å²) in [5, 5.41) is 0. The maximum Gasteiger partial charge on any atom is 0.270 e. The van der Waals surface area contributed by atoms with E-state index in [0.29, 0.717) is 11.1 Å². The Morgan fingerprint density at radius 2 is 0.938 bits per heavy atom. The highest BCUT2D eigenvalue weighted by Gasteiger charge is 2.18. The van der Waals surface area contributed by atoms with Crippen LogP contribution in [-0.4, -0.2) is 17.6 Å². The first-order valence-corrected chi connectivity index (χ1v) is 10.1. The van der Waals surface area contributed by atoms with Gasteiger partial charge in [0.1, 0.15) is 0 Å². The summed E-state index contributed by atoms with van der Waals surface area (Å²) in [6.07, 6.45) is 0. The van der Waals surface area contributed by atoms with Gasteiger partial charge < -0.3 is 0 Å². The van der Waals surface area contributed by atoms with Gasteiger partial charge in [-0.25, -0.2) is 0 Å². The van der Waals surface area contributed by atoms with Crippen LogP contribution in [0.2, 0.25) is 0 Å². The number of carbonyl (C=O) groups is 3. The molecule has 2 N–H and O–H groups in total. The van der Waals surface area contributed by atoms with Gasteiger partial charge in [-0.3, -0.25) is 25.2 Å². The average molecular weight is 420 g/mol. The smallest absolute Gasteiger partial charge is 0.270 e. The Kier molecular flexibility index (Phi) is 6.18. The number of carbonyl (C=O) groups excluding carboxylic acids is 3. The van der Waals surface area contributed by atoms with Crippen LogP contribution in [0.25, 0.3) is 11.1 Å². The molecule has 4 aromatic carbocycles. The van der Waals surface area contributed by atoms with Crippen molar-refractivity contribution in [2.75, 3.05) is 0 Å². The minimum Gasteiger partial charge on any atom is -0.289 e. The van der Waals surface area contributed by atoms with Crippen LogP contribution in [0.1, 0.15) is 36.6 Å². The molecule has 0 fully saturated rings. The number of benzene rings is 4. The van der Waals surface area contributed by atoms with Gasteiger partial charge in [0.2, 0.25) is 0 Å². The first-order valence-electron chi connectivity index (χ1n) is 10.1. The number of hydrazine groups is 1. The number of hydrogen-bond donors (Lipinski definition) is 2. The summed E-state index contributed by atoms with van der Waals surface area (Å²) >= 11 is 0. The highest BCUT2D eigenvalue weighted by molar-refractivity contribution is 6.15. The lowest BCUT2D eigenvalue weighted by molar-refractivity contribution is 0.0845. The van der Waals surface area contributed by atoms with E-state index in [1.807, 2.05) is 48.5 Å². The van der Waals surface area contributed by atoms with Crippen molar-refractivity contribution in [1.29, 1.82) is 0 Å². The topological polar surface area (TPSA) is 75.3 Å². The largest absolute Gasteiger partial charge is 0.289 e. The molecule has 5 heteroatoms. The first kappa shape index (κ1) is 20.8. The van der Waals surface area contributed by atoms with Gasteiger partial charge in [0.15, 0.2) is 5.78 Å². The van der Waals surface area contributed by atoms with Crippen molar-refractivity contribution >= 4 is 17.6 Å². The van der Waals surface area contributed by atoms with Crippen LogP contribution in [0, 0.1) is 0 Å². The van der Waals surface area contributed by atoms with Crippen molar-refractivity contribution in [3.05, 3.63) is 131 Å². The van der Waals surface area contributed by atoms with Crippen LogP contribution in [-0.2, 0) is 0 Å². The molecule has 0 unspecified atom stereocenters. The Hall–Kier alpha value is -4.51. The Balaban J connectivity index is 1.44. The molecule has 32 heavy (non-hydrogen) atoms. The Bertz CT molecular complexity index is 1250. The van der Waals surface area contributed by atoms with E-state index in [1.165, 1.54) is 0 Å². The van der Waals surface area contributed by atoms with Gasteiger partial charge in [0.05, 0.1) is 5.56 Å². The van der Waals surface area contributed by atoms with Crippen molar-refractivity contribution in [2.45, 2.75) is 0 Å². The van der Waals surface area contributed by atoms with E-state index in [2.05, 4.69) is 10.9 Å². The number of nitrogens with one attached hydrogen (secondary N) is 2. The van der Waals surface area contributed by atoms with E-state index in [-0.39, 0.29) is 16.9 Å². The fourth-order valence-electron chi connectivity index (χ4n) is 3.32. The number of hydrogen-bond acceptors (Lipinski definition) is 3. The predicted octanol–water partition coefficient (Wildman–Crippen LogP) is 4.66. The van der Waals surface area contributed by atoms with Gasteiger partial charge in [0, 0.05) is 16.7 Å². The van der Waals surface area contributed by atoms with Crippen LogP contribution in [0.4, 0.5) is 0 Å². The van der Waals surface area contributed by atoms with Crippen molar-refractivity contribution in [3.8, 4) is 11.1 Å². The van der Waals surface area contributed by atoms with Gasteiger partial charge in [-0.15, -0.1) is 0 Å². The van der Waals surface area contributed by atoms with Crippen LogP contribution in [0.3, 0.4) is 0 Å². The van der Waals surface area contributed by atoms with Crippen LogP contribution >= 0.6 is 0 Å². The lowest BCUT2D eigenvalue weighted by Gasteiger charge is -2.11. The van der Waals surface area contributed by atoms with E-state index in [0.717, 1.165) is 11.1 Å². The maximum absolute atomic E-state index is 12.8. The standard InChI is InChI=1S/C27H20N2O3/c30-25(21-11-5-2-6-12-21)23-13-7-8-14-24(23)27(32)29-28-26(31)22-17-15-20(16-18-22)19-9-3-1-4-10-19/h1-18H,(H,28,31)(H,29,32). The summed E-state index contributed by atoms with van der Waals surface area (Å²) < 4.78 is 0. The Morgan fingerprint density at radius 3 is 1.59 bits per heavy atom. The molecule has 0 aliphatic heterocycles. The molecule has 0 spiro atoms. The Morgan fingerprint density at radius 1 is 0.438 bits per heavy atom. The molecule has 0 bridgehead atoms. The minimum absolute atomic E-state index is 0.182. The molecule has 0 aliphatic carbocycles. The summed E-state index contributed by atoms with van der Waals surface area (Å²) in [4.78, 5) is 38.0. The molecule has 0 atom stereocenters. The second kappa shape index (κ2) is 9.53. The number of ketones is 1. The third-order valence-electron chi connectivity index (χ3n) is 5.00. The molecular formula is C27H20N2O3. The molecule has 0 heterocycles. The molecule has 0 saturated heterocycles. The van der Waals surface area contributed by atoms with Crippen LogP contribution < -0.4 is 10.9 Å². The summed E-state index contributed by atoms with van der Waals surface area (Å²) in [5.41, 5.74) is 8.17. The third kappa shape index (κ3) is 4.63. The molecule has 0 aliphatic rings. The first-order chi connectivity index (χ1) is 15.6. The quantitative estimate of drug-likeness (QED) is 0.364. The molecule has 156 valence electrons. The molecule has 0 radical (unpaired) electrons. The zero-order chi connectivity index (χ0) is 22.3. The van der Waals surface area contributed by atoms with Gasteiger partial charge in [0.25, 0.3) is 11.8 Å². The molecule has 0 aromatic heterocycles. The maximum atomic E-state index is 12.8. The normalized spacial score (nSPS) is 10.2. The molecule has 0 saturated carbocycles. The summed E-state index contributed by atoms with van der Waals surface area (Å²) in [6, 6.07) is 32.1. The monoisotopic (exact) mass is 420 g/mol. The van der Waals surface area contributed by atoms with Gasteiger partial charge in [-0.05, 0) is 29.3 Å². The SMILES string of the molecule is O=C(NNC(=O)c1ccccc1C(=O)c1ccccc1)c1ccc(-c2ccccc2)cc1. The summed E-state index contributed by atoms with van der Waals surface area (Å²) in [6.45, 7) is 0. The van der Waals surface area contributed by atoms with E-state index in [9.17, 15) is 14.4 Å². The van der Waals surface area contributed by atoms with E-state index < -0.39 is 11.8 Å². The average Bonchev–Trinajstić information content (AvgIpc) is 2.87. The lowest BCUT2D eigenvalue weighted by atomic mass is 9.98. The molecule has 5 nitrogen and oxygen atoms in total.